The maximum absolute atomic E-state index is 4.14. The first-order valence-corrected chi connectivity index (χ1v) is 7.14. The summed E-state index contributed by atoms with van der Waals surface area (Å²) in [6, 6.07) is 0. The lowest BCUT2D eigenvalue weighted by molar-refractivity contribution is 0.954. The summed E-state index contributed by atoms with van der Waals surface area (Å²) in [5.41, 5.74) is 0. The Kier molecular flexibility index (Phi) is 5.45. The number of hydrogen-bond acceptors (Lipinski definition) is 6. The molecule has 0 saturated carbocycles. The van der Waals surface area contributed by atoms with E-state index in [2.05, 4.69) is 22.8 Å². The number of thioether (sulfide) groups is 2. The quantitative estimate of drug-likeness (QED) is 0.484. The van der Waals surface area contributed by atoms with Crippen LogP contribution >= 0.6 is 47.5 Å². The third kappa shape index (κ3) is 3.55. The summed E-state index contributed by atoms with van der Waals surface area (Å²) in [6.45, 7) is 0. The fourth-order valence-electron chi connectivity index (χ4n) is 0.562. The van der Waals surface area contributed by atoms with E-state index in [9.17, 15) is 0 Å². The molecule has 0 aromatic carbocycles. The third-order valence-electron chi connectivity index (χ3n) is 1.09. The Morgan fingerprint density at radius 3 is 2.75 bits per heavy atom. The van der Waals surface area contributed by atoms with Gasteiger partial charge in [0.15, 0.2) is 8.68 Å². The molecule has 1 rings (SSSR count). The summed E-state index contributed by atoms with van der Waals surface area (Å²) in [4.78, 5) is 0. The molecule has 0 fully saturated rings. The molecule has 68 valence electrons. The average molecular weight is 238 g/mol. The van der Waals surface area contributed by atoms with Crippen molar-refractivity contribution in [3.8, 4) is 0 Å². The lowest BCUT2D eigenvalue weighted by Gasteiger charge is -1.91. The number of nitrogens with zero attached hydrogens (tertiary/aromatic N) is 2. The highest BCUT2D eigenvalue weighted by atomic mass is 32.2. The molecular weight excluding hydrogens is 228 g/mol. The van der Waals surface area contributed by atoms with Gasteiger partial charge in [-0.1, -0.05) is 34.9 Å². The van der Waals surface area contributed by atoms with Crippen molar-refractivity contribution in [1.82, 2.24) is 10.2 Å². The van der Waals surface area contributed by atoms with Crippen LogP contribution in [0.4, 0.5) is 0 Å². The molecule has 0 aliphatic carbocycles. The third-order valence-corrected chi connectivity index (χ3v) is 4.53. The van der Waals surface area contributed by atoms with E-state index in [4.69, 9.17) is 0 Å². The highest BCUT2D eigenvalue weighted by Crippen LogP contribution is 2.27. The smallest absolute Gasteiger partial charge is 0.175 e. The van der Waals surface area contributed by atoms with Crippen LogP contribution in [0.2, 0.25) is 0 Å². The molecule has 0 amide bonds. The number of thiol groups is 1. The Hall–Kier alpha value is 0.610. The summed E-state index contributed by atoms with van der Waals surface area (Å²) in [5, 5.41) is 8.05. The first kappa shape index (κ1) is 10.7. The Bertz CT molecular complexity index is 225. The van der Waals surface area contributed by atoms with Gasteiger partial charge < -0.3 is 0 Å². The molecule has 0 atom stereocenters. The van der Waals surface area contributed by atoms with Crippen LogP contribution in [0.25, 0.3) is 0 Å². The van der Waals surface area contributed by atoms with Crippen molar-refractivity contribution in [2.75, 3.05) is 17.8 Å². The molecule has 1 aromatic rings. The minimum Gasteiger partial charge on any atom is -0.179 e. The van der Waals surface area contributed by atoms with Crippen molar-refractivity contribution in [3.63, 3.8) is 0 Å². The predicted molar refractivity (Wildman–Crippen MR) is 60.9 cm³/mol. The first-order chi connectivity index (χ1) is 5.86. The van der Waals surface area contributed by atoms with Crippen LogP contribution in [0.3, 0.4) is 0 Å². The second-order valence-electron chi connectivity index (χ2n) is 1.96. The first-order valence-electron chi connectivity index (χ1n) is 3.48. The molecule has 0 bridgehead atoms. The molecule has 0 spiro atoms. The van der Waals surface area contributed by atoms with Gasteiger partial charge in [-0.2, -0.15) is 12.6 Å². The maximum atomic E-state index is 4.14. The number of aromatic nitrogens is 2. The highest BCUT2D eigenvalue weighted by molar-refractivity contribution is 8.02. The van der Waals surface area contributed by atoms with Crippen molar-refractivity contribution in [1.29, 1.82) is 0 Å². The molecule has 0 unspecified atom stereocenters. The van der Waals surface area contributed by atoms with Crippen molar-refractivity contribution in [2.45, 2.75) is 15.1 Å². The zero-order valence-electron chi connectivity index (χ0n) is 6.69. The van der Waals surface area contributed by atoms with Crippen LogP contribution in [-0.2, 0) is 0 Å². The van der Waals surface area contributed by atoms with Gasteiger partial charge in [0.25, 0.3) is 0 Å². The minimum atomic E-state index is 0.946. The van der Waals surface area contributed by atoms with Gasteiger partial charge >= 0.3 is 0 Å². The zero-order chi connectivity index (χ0) is 8.81. The Morgan fingerprint density at radius 1 is 1.42 bits per heavy atom. The lowest BCUT2D eigenvalue weighted by atomic mass is 10.6. The molecule has 1 heterocycles. The van der Waals surface area contributed by atoms with Gasteiger partial charge in [0.2, 0.25) is 0 Å². The standard InChI is InChI=1S/C6H10N2S4/c1-10-5-7-8-6(12-5)11-4-2-3-9/h9H,2-4H2,1H3. The van der Waals surface area contributed by atoms with E-state index in [1.54, 1.807) is 34.9 Å². The van der Waals surface area contributed by atoms with Gasteiger partial charge in [-0.15, -0.1) is 10.2 Å². The van der Waals surface area contributed by atoms with E-state index in [0.29, 0.717) is 0 Å². The molecule has 12 heavy (non-hydrogen) atoms. The van der Waals surface area contributed by atoms with Crippen LogP contribution < -0.4 is 0 Å². The van der Waals surface area contributed by atoms with E-state index in [0.717, 1.165) is 26.6 Å². The van der Waals surface area contributed by atoms with E-state index in [1.165, 1.54) is 0 Å². The predicted octanol–water partition coefficient (Wildman–Crippen LogP) is 2.67. The summed E-state index contributed by atoms with van der Waals surface area (Å²) < 4.78 is 2.12. The number of hydrogen-bond donors (Lipinski definition) is 1. The normalized spacial score (nSPS) is 10.5. The lowest BCUT2D eigenvalue weighted by Crippen LogP contribution is -1.79. The van der Waals surface area contributed by atoms with Gasteiger partial charge in [0.1, 0.15) is 0 Å². The molecule has 1 aromatic heterocycles. The largest absolute Gasteiger partial charge is 0.179 e. The summed E-state index contributed by atoms with van der Waals surface area (Å²) >= 11 is 9.21. The van der Waals surface area contributed by atoms with Crippen LogP contribution in [0, 0.1) is 0 Å². The van der Waals surface area contributed by atoms with Gasteiger partial charge in [0, 0.05) is 5.75 Å². The second kappa shape index (κ2) is 6.12. The van der Waals surface area contributed by atoms with Crippen molar-refractivity contribution < 1.29 is 0 Å². The fourth-order valence-corrected chi connectivity index (χ4v) is 3.38. The van der Waals surface area contributed by atoms with E-state index in [-0.39, 0.29) is 0 Å². The van der Waals surface area contributed by atoms with Gasteiger partial charge in [0.05, 0.1) is 0 Å². The van der Waals surface area contributed by atoms with E-state index < -0.39 is 0 Å². The molecule has 0 aliphatic rings. The molecular formula is C6H10N2S4. The van der Waals surface area contributed by atoms with Gasteiger partial charge in [-0.3, -0.25) is 0 Å². The fraction of sp³-hybridized carbons (Fsp3) is 0.667. The second-order valence-corrected chi connectivity index (χ2v) is 5.78. The molecule has 0 aliphatic heterocycles. The van der Waals surface area contributed by atoms with E-state index in [1.807, 2.05) is 6.26 Å². The SMILES string of the molecule is CSc1nnc(SCCCS)s1. The number of rotatable bonds is 5. The minimum absolute atomic E-state index is 0.946. The summed E-state index contributed by atoms with van der Waals surface area (Å²) in [7, 11) is 0. The monoisotopic (exact) mass is 238 g/mol. The van der Waals surface area contributed by atoms with Crippen LogP contribution in [0.15, 0.2) is 8.68 Å². The topological polar surface area (TPSA) is 25.8 Å². The van der Waals surface area contributed by atoms with Gasteiger partial charge in [-0.05, 0) is 18.4 Å². The van der Waals surface area contributed by atoms with Crippen LogP contribution in [0.1, 0.15) is 6.42 Å². The van der Waals surface area contributed by atoms with E-state index >= 15 is 0 Å². The molecule has 0 radical (unpaired) electrons. The van der Waals surface area contributed by atoms with Crippen molar-refractivity contribution in [3.05, 3.63) is 0 Å². The maximum Gasteiger partial charge on any atom is 0.175 e. The highest BCUT2D eigenvalue weighted by Gasteiger charge is 2.02. The molecule has 0 saturated heterocycles. The average Bonchev–Trinajstić information content (AvgIpc) is 2.53. The molecule has 6 heteroatoms. The summed E-state index contributed by atoms with van der Waals surface area (Å²) in [6.07, 6.45) is 3.14. The molecule has 2 nitrogen and oxygen atoms in total. The van der Waals surface area contributed by atoms with Crippen molar-refractivity contribution >= 4 is 47.5 Å². The van der Waals surface area contributed by atoms with Gasteiger partial charge in [-0.25, -0.2) is 0 Å². The zero-order valence-corrected chi connectivity index (χ0v) is 10.0. The summed E-state index contributed by atoms with van der Waals surface area (Å²) in [5.74, 6) is 2.04. The Morgan fingerprint density at radius 2 is 2.17 bits per heavy atom. The van der Waals surface area contributed by atoms with Crippen molar-refractivity contribution in [2.24, 2.45) is 0 Å². The Balaban J connectivity index is 2.31. The van der Waals surface area contributed by atoms with Crippen LogP contribution in [-0.4, -0.2) is 28.0 Å². The Labute approximate surface area is 90.3 Å². The van der Waals surface area contributed by atoms with Crippen LogP contribution in [0.5, 0.6) is 0 Å². The molecule has 0 N–H and O–H groups in total.